The minimum absolute atomic E-state index is 0. The molecule has 0 unspecified atom stereocenters. The van der Waals surface area contributed by atoms with Crippen molar-refractivity contribution in [2.45, 2.75) is 81.9 Å². The average molecular weight is 637 g/mol. The van der Waals surface area contributed by atoms with Crippen LogP contribution in [0.2, 0.25) is 0 Å². The zero-order chi connectivity index (χ0) is 24.8. The molecule has 39 heavy (non-hydrogen) atoms. The van der Waals surface area contributed by atoms with Crippen LogP contribution in [0.3, 0.4) is 0 Å². The van der Waals surface area contributed by atoms with Crippen molar-refractivity contribution in [1.82, 2.24) is 0 Å². The van der Waals surface area contributed by atoms with E-state index in [0.29, 0.717) is 0 Å². The molecule has 6 saturated carbocycles. The molecule has 0 saturated heterocycles. The summed E-state index contributed by atoms with van der Waals surface area (Å²) >= 11 is 1.90. The van der Waals surface area contributed by atoms with E-state index in [0.717, 1.165) is 17.7 Å². The molecule has 0 atom stereocenters. The second-order valence-electron chi connectivity index (χ2n) is 10.1. The van der Waals surface area contributed by atoms with E-state index in [4.69, 9.17) is 0 Å². The molecule has 6 fully saturated rings. The van der Waals surface area contributed by atoms with E-state index in [9.17, 15) is 0 Å². The van der Waals surface area contributed by atoms with E-state index in [1.165, 1.54) is 75.4 Å². The Balaban J connectivity index is 0.000000492. The number of hydrogen-bond donors (Lipinski definition) is 0. The normalized spacial score (nSPS) is 25.7. The molecule has 0 aromatic rings. The molecule has 6 aliphatic rings. The fourth-order valence-electron chi connectivity index (χ4n) is 5.89. The van der Waals surface area contributed by atoms with Crippen molar-refractivity contribution in [2.75, 3.05) is 6.26 Å². The molecule has 0 heterocycles. The Kier molecular flexibility index (Phi) is 23.2. The fourth-order valence-corrected chi connectivity index (χ4v) is 10.5. The molecule has 6 aliphatic carbocycles. The summed E-state index contributed by atoms with van der Waals surface area (Å²) in [7, 11) is 0.0217. The summed E-state index contributed by atoms with van der Waals surface area (Å²) < 4.78 is 0. The molecule has 23 radical (unpaired) electrons. The SMILES string of the molecule is CS[C]1[CH][CH][CH][C]1C[C]1[CH][CH][CH][C]1P(C1CCCCC1)C1CCCCC1.[B].[CH]1[CH][CH][CH][CH]1.[CH]1[CH][CH][CH][CH]1.[Fe+2].[Fe+2]. The first-order valence-electron chi connectivity index (χ1n) is 14.0. The second-order valence-corrected chi connectivity index (χ2v) is 13.8. The summed E-state index contributed by atoms with van der Waals surface area (Å²) in [6, 6.07) is 0. The van der Waals surface area contributed by atoms with Crippen molar-refractivity contribution in [3.63, 3.8) is 0 Å². The zero-order valence-electron chi connectivity index (χ0n) is 23.3. The van der Waals surface area contributed by atoms with Crippen molar-refractivity contribution < 1.29 is 34.1 Å². The minimum atomic E-state index is 0. The van der Waals surface area contributed by atoms with Gasteiger partial charge in [-0.25, -0.2) is 0 Å². The Morgan fingerprint density at radius 3 is 1.41 bits per heavy atom. The predicted octanol–water partition coefficient (Wildman–Crippen LogP) is 9.01. The van der Waals surface area contributed by atoms with Gasteiger partial charge in [-0.1, -0.05) is 46.4 Å². The molecule has 5 heteroatoms. The smallest absolute Gasteiger partial charge is 0.156 e. The van der Waals surface area contributed by atoms with Crippen LogP contribution in [0.15, 0.2) is 0 Å². The zero-order valence-corrected chi connectivity index (χ0v) is 27.2. The van der Waals surface area contributed by atoms with Crippen LogP contribution in [0.4, 0.5) is 0 Å². The quantitative estimate of drug-likeness (QED) is 0.207. The molecule has 0 nitrogen and oxygen atoms in total. The van der Waals surface area contributed by atoms with Gasteiger partial charge in [-0.05, 0) is 164 Å². The van der Waals surface area contributed by atoms with E-state index in [-0.39, 0.29) is 50.5 Å². The predicted molar refractivity (Wildman–Crippen MR) is 166 cm³/mol. The van der Waals surface area contributed by atoms with Crippen molar-refractivity contribution in [1.29, 1.82) is 0 Å². The minimum Gasteiger partial charge on any atom is -0.156 e. The summed E-state index contributed by atoms with van der Waals surface area (Å²) in [5.74, 6) is 3.18. The molecule has 6 rings (SSSR count). The third-order valence-electron chi connectivity index (χ3n) is 7.67. The monoisotopic (exact) mass is 637 g/mol. The average Bonchev–Trinajstić information content (AvgIpc) is 3.76. The summed E-state index contributed by atoms with van der Waals surface area (Å²) in [5, 5.41) is 1.47. The Hall–Kier alpha value is 1.88. The second kappa shape index (κ2) is 23.3. The van der Waals surface area contributed by atoms with E-state index < -0.39 is 0 Å². The van der Waals surface area contributed by atoms with Gasteiger partial charge in [0.1, 0.15) is 0 Å². The first kappa shape index (κ1) is 38.9. The summed E-state index contributed by atoms with van der Waals surface area (Å²) in [6.07, 6.45) is 52.4. The topological polar surface area (TPSA) is 0 Å². The van der Waals surface area contributed by atoms with Gasteiger partial charge < -0.3 is 0 Å². The van der Waals surface area contributed by atoms with Gasteiger partial charge in [0, 0.05) is 19.3 Å². The maximum Gasteiger partial charge on any atom is 2.00 e. The van der Waals surface area contributed by atoms with Crippen molar-refractivity contribution >= 4 is 28.1 Å². The maximum absolute atomic E-state index is 2.52. The summed E-state index contributed by atoms with van der Waals surface area (Å²) in [5.41, 5.74) is 3.79. The van der Waals surface area contributed by atoms with Gasteiger partial charge in [-0.2, -0.15) is 11.8 Å². The third kappa shape index (κ3) is 13.2. The van der Waals surface area contributed by atoms with Gasteiger partial charge in [-0.15, -0.1) is 0 Å². The van der Waals surface area contributed by atoms with Crippen LogP contribution < -0.4 is 0 Å². The first-order valence-corrected chi connectivity index (χ1v) is 16.7. The van der Waals surface area contributed by atoms with Crippen molar-refractivity contribution in [3.05, 3.63) is 125 Å². The molecule has 0 amide bonds. The van der Waals surface area contributed by atoms with Gasteiger partial charge >= 0.3 is 34.1 Å². The van der Waals surface area contributed by atoms with Crippen molar-refractivity contribution in [3.8, 4) is 0 Å². The standard InChI is InChI=1S/C24H33PS.2C5H5.B.2Fe/c1-26-24-17-9-11-20(24)18-19-10-8-16-23(19)25(21-12-4-2-5-13-21)22-14-6-3-7-15-22;2*1-2-4-5-3-1;;;/h8-11,16-17,21-22H,2-7,12-15,18H2,1H3;2*1-5H;;;/q;;;;2*+2. The van der Waals surface area contributed by atoms with Crippen LogP contribution in [0.5, 0.6) is 0 Å². The van der Waals surface area contributed by atoms with Gasteiger partial charge in [0.15, 0.2) is 0 Å². The molecule has 0 N–H and O–H groups in total. The van der Waals surface area contributed by atoms with Gasteiger partial charge in [0.05, 0.1) is 0 Å². The van der Waals surface area contributed by atoms with Crippen LogP contribution in [-0.2, 0) is 34.1 Å². The Morgan fingerprint density at radius 1 is 0.564 bits per heavy atom. The van der Waals surface area contributed by atoms with Crippen molar-refractivity contribution in [2.24, 2.45) is 0 Å². The van der Waals surface area contributed by atoms with Gasteiger partial charge in [-0.3, -0.25) is 0 Å². The van der Waals surface area contributed by atoms with E-state index in [1.807, 2.05) is 76.0 Å². The van der Waals surface area contributed by atoms with Crippen LogP contribution in [-0.4, -0.2) is 26.0 Å². The van der Waals surface area contributed by atoms with E-state index in [1.54, 1.807) is 11.6 Å². The summed E-state index contributed by atoms with van der Waals surface area (Å²) in [4.78, 5) is 0. The molecule has 205 valence electrons. The number of hydrogen-bond acceptors (Lipinski definition) is 1. The van der Waals surface area contributed by atoms with Crippen LogP contribution in [0, 0.1) is 125 Å². The molecular weight excluding hydrogens is 594 g/mol. The Morgan fingerprint density at radius 2 is 0.974 bits per heavy atom. The Labute approximate surface area is 274 Å². The number of rotatable bonds is 6. The molecular formula is C34H43BFe2PS+4. The number of thioether (sulfide) groups is 1. The van der Waals surface area contributed by atoms with E-state index in [2.05, 4.69) is 44.8 Å². The van der Waals surface area contributed by atoms with Gasteiger partial charge in [0.25, 0.3) is 0 Å². The van der Waals surface area contributed by atoms with Gasteiger partial charge in [0.2, 0.25) is 0 Å². The molecule has 0 bridgehead atoms. The summed E-state index contributed by atoms with van der Waals surface area (Å²) in [6.45, 7) is 0. The largest absolute Gasteiger partial charge is 2.00 e. The molecule has 0 aliphatic heterocycles. The third-order valence-corrected chi connectivity index (χ3v) is 12.1. The first-order chi connectivity index (χ1) is 17.9. The van der Waals surface area contributed by atoms with Crippen LogP contribution in [0.1, 0.15) is 70.6 Å². The Bertz CT molecular complexity index is 518. The molecule has 0 aromatic heterocycles. The van der Waals surface area contributed by atoms with Crippen LogP contribution in [0.25, 0.3) is 0 Å². The van der Waals surface area contributed by atoms with Crippen LogP contribution >= 0.6 is 19.7 Å². The molecule has 0 spiro atoms. The fraction of sp³-hybridized carbons (Fsp3) is 0.412. The van der Waals surface area contributed by atoms with E-state index >= 15 is 0 Å². The molecule has 0 aromatic carbocycles. The maximum atomic E-state index is 2.52.